The van der Waals surface area contributed by atoms with Crippen LogP contribution in [0.15, 0.2) is 36.4 Å². The van der Waals surface area contributed by atoms with E-state index < -0.39 is 6.10 Å². The second-order valence-corrected chi connectivity index (χ2v) is 8.74. The molecule has 1 saturated heterocycles. The first-order valence-electron chi connectivity index (χ1n) is 11.1. The molecule has 2 aromatic rings. The van der Waals surface area contributed by atoms with Gasteiger partial charge in [-0.15, -0.1) is 0 Å². The minimum atomic E-state index is -0.477. The Hall–Kier alpha value is -2.57. The molecule has 6 nitrogen and oxygen atoms in total. The summed E-state index contributed by atoms with van der Waals surface area (Å²) in [6.45, 7) is 8.68. The van der Waals surface area contributed by atoms with Crippen LogP contribution in [0.1, 0.15) is 41.2 Å². The van der Waals surface area contributed by atoms with Crippen molar-refractivity contribution < 1.29 is 9.90 Å². The second kappa shape index (κ2) is 10.2. The molecule has 1 fully saturated rings. The molecule has 1 atom stereocenters. The molecule has 0 bridgehead atoms. The SMILES string of the molecule is Cc1cc(C)c(NCC(=O)N(C)C2CCN(CC(O)c3ccccc3)CC2)c(C)c1N. The number of nitrogens with zero attached hydrogens (tertiary/aromatic N) is 2. The molecular weight excluding hydrogens is 388 g/mol. The smallest absolute Gasteiger partial charge is 0.241 e. The molecule has 4 N–H and O–H groups in total. The van der Waals surface area contributed by atoms with E-state index in [-0.39, 0.29) is 18.5 Å². The number of rotatable bonds is 7. The molecule has 0 saturated carbocycles. The fourth-order valence-electron chi connectivity index (χ4n) is 4.48. The molecule has 1 amide bonds. The van der Waals surface area contributed by atoms with Gasteiger partial charge in [-0.05, 0) is 55.9 Å². The molecule has 1 unspecified atom stereocenters. The van der Waals surface area contributed by atoms with Crippen molar-refractivity contribution in [2.24, 2.45) is 0 Å². The van der Waals surface area contributed by atoms with E-state index in [4.69, 9.17) is 5.73 Å². The number of carbonyl (C=O) groups excluding carboxylic acids is 1. The van der Waals surface area contributed by atoms with Gasteiger partial charge in [0.1, 0.15) is 0 Å². The summed E-state index contributed by atoms with van der Waals surface area (Å²) >= 11 is 0. The second-order valence-electron chi connectivity index (χ2n) is 8.74. The highest BCUT2D eigenvalue weighted by Gasteiger charge is 2.26. The molecular formula is C25H36N4O2. The lowest BCUT2D eigenvalue weighted by Crippen LogP contribution is -2.47. The van der Waals surface area contributed by atoms with Gasteiger partial charge in [0.25, 0.3) is 0 Å². The van der Waals surface area contributed by atoms with Gasteiger partial charge in [0, 0.05) is 44.1 Å². The maximum atomic E-state index is 12.8. The van der Waals surface area contributed by atoms with Crippen molar-refractivity contribution in [1.29, 1.82) is 0 Å². The largest absolute Gasteiger partial charge is 0.398 e. The first-order chi connectivity index (χ1) is 14.8. The van der Waals surface area contributed by atoms with Crippen molar-refractivity contribution in [2.75, 3.05) is 44.3 Å². The molecule has 0 spiro atoms. The Labute approximate surface area is 186 Å². The van der Waals surface area contributed by atoms with Gasteiger partial charge in [-0.1, -0.05) is 36.4 Å². The van der Waals surface area contributed by atoms with Crippen LogP contribution in [-0.2, 0) is 4.79 Å². The number of aliphatic hydroxyl groups is 1. The third-order valence-electron chi connectivity index (χ3n) is 6.56. The van der Waals surface area contributed by atoms with Crippen molar-refractivity contribution in [3.63, 3.8) is 0 Å². The predicted molar refractivity (Wildman–Crippen MR) is 127 cm³/mol. The number of nitrogens with one attached hydrogen (secondary N) is 1. The number of benzene rings is 2. The molecule has 2 aromatic carbocycles. The van der Waals surface area contributed by atoms with Crippen molar-refractivity contribution in [1.82, 2.24) is 9.80 Å². The van der Waals surface area contributed by atoms with E-state index in [9.17, 15) is 9.90 Å². The van der Waals surface area contributed by atoms with Gasteiger partial charge >= 0.3 is 0 Å². The number of nitrogens with two attached hydrogens (primary N) is 1. The Morgan fingerprint density at radius 3 is 2.48 bits per heavy atom. The number of amides is 1. The Morgan fingerprint density at radius 2 is 1.84 bits per heavy atom. The summed E-state index contributed by atoms with van der Waals surface area (Å²) in [6.07, 6.45) is 1.35. The van der Waals surface area contributed by atoms with Crippen molar-refractivity contribution >= 4 is 17.3 Å². The zero-order valence-corrected chi connectivity index (χ0v) is 19.2. The highest BCUT2D eigenvalue weighted by molar-refractivity contribution is 5.82. The first-order valence-corrected chi connectivity index (χ1v) is 11.1. The lowest BCUT2D eigenvalue weighted by Gasteiger charge is -2.37. The fourth-order valence-corrected chi connectivity index (χ4v) is 4.48. The summed E-state index contributed by atoms with van der Waals surface area (Å²) in [5.41, 5.74) is 12.0. The van der Waals surface area contributed by atoms with Gasteiger partial charge in [0.15, 0.2) is 0 Å². The number of anilines is 2. The van der Waals surface area contributed by atoms with E-state index in [0.29, 0.717) is 6.54 Å². The number of likely N-dealkylation sites (N-methyl/N-ethyl adjacent to an activating group) is 1. The zero-order valence-electron chi connectivity index (χ0n) is 19.2. The van der Waals surface area contributed by atoms with Gasteiger partial charge in [-0.25, -0.2) is 0 Å². The van der Waals surface area contributed by atoms with Crippen molar-refractivity contribution in [2.45, 2.75) is 45.8 Å². The molecule has 0 radical (unpaired) electrons. The third kappa shape index (κ3) is 5.57. The molecule has 0 aromatic heterocycles. The maximum absolute atomic E-state index is 12.8. The summed E-state index contributed by atoms with van der Waals surface area (Å²) in [5.74, 6) is 0.0840. The summed E-state index contributed by atoms with van der Waals surface area (Å²) in [7, 11) is 1.90. The van der Waals surface area contributed by atoms with E-state index in [1.165, 1.54) is 0 Å². The predicted octanol–water partition coefficient (Wildman–Crippen LogP) is 3.26. The number of β-amino-alcohol motifs (C(OH)–C–C–N with tert-alkyl or cyclic N) is 1. The van der Waals surface area contributed by atoms with Crippen LogP contribution in [0.3, 0.4) is 0 Å². The van der Waals surface area contributed by atoms with E-state index >= 15 is 0 Å². The lowest BCUT2D eigenvalue weighted by molar-refractivity contribution is -0.131. The average molecular weight is 425 g/mol. The van der Waals surface area contributed by atoms with Crippen LogP contribution in [0.4, 0.5) is 11.4 Å². The van der Waals surface area contributed by atoms with Crippen LogP contribution < -0.4 is 11.1 Å². The van der Waals surface area contributed by atoms with E-state index in [0.717, 1.165) is 59.6 Å². The normalized spacial score (nSPS) is 16.2. The van der Waals surface area contributed by atoms with Crippen LogP contribution in [0.25, 0.3) is 0 Å². The Kier molecular flexibility index (Phi) is 7.57. The lowest BCUT2D eigenvalue weighted by atomic mass is 10.0. The Bertz CT molecular complexity index is 892. The molecule has 1 heterocycles. The third-order valence-corrected chi connectivity index (χ3v) is 6.56. The van der Waals surface area contributed by atoms with Gasteiger partial charge in [-0.3, -0.25) is 4.79 Å². The average Bonchev–Trinajstić information content (AvgIpc) is 2.78. The van der Waals surface area contributed by atoms with E-state index in [2.05, 4.69) is 16.3 Å². The molecule has 1 aliphatic heterocycles. The quantitative estimate of drug-likeness (QED) is 0.595. The van der Waals surface area contributed by atoms with Crippen LogP contribution in [0, 0.1) is 20.8 Å². The standard InChI is InChI=1S/C25H36N4O2/c1-17-14-18(2)25(19(3)24(17)26)27-15-23(31)28(4)21-10-12-29(13-11-21)16-22(30)20-8-6-5-7-9-20/h5-9,14,21-22,27,30H,10-13,15-16,26H2,1-4H3. The Morgan fingerprint density at radius 1 is 1.19 bits per heavy atom. The number of aliphatic hydroxyl groups excluding tert-OH is 1. The minimum absolute atomic E-state index is 0.0840. The Balaban J connectivity index is 1.49. The van der Waals surface area contributed by atoms with Gasteiger partial charge in [-0.2, -0.15) is 0 Å². The maximum Gasteiger partial charge on any atom is 0.241 e. The van der Waals surface area contributed by atoms with Crippen LogP contribution >= 0.6 is 0 Å². The summed E-state index contributed by atoms with van der Waals surface area (Å²) in [6, 6.07) is 12.1. The highest BCUT2D eigenvalue weighted by Crippen LogP contribution is 2.28. The molecule has 1 aliphatic rings. The van der Waals surface area contributed by atoms with Crippen molar-refractivity contribution in [3.05, 3.63) is 58.7 Å². The summed E-state index contributed by atoms with van der Waals surface area (Å²) in [5, 5.41) is 13.8. The highest BCUT2D eigenvalue weighted by atomic mass is 16.3. The number of nitrogen functional groups attached to an aromatic ring is 1. The summed E-state index contributed by atoms with van der Waals surface area (Å²) < 4.78 is 0. The van der Waals surface area contributed by atoms with Crippen LogP contribution in [0.2, 0.25) is 0 Å². The first kappa shape index (κ1) is 23.1. The molecule has 31 heavy (non-hydrogen) atoms. The molecule has 168 valence electrons. The number of piperidine rings is 1. The fraction of sp³-hybridized carbons (Fsp3) is 0.480. The van der Waals surface area contributed by atoms with Crippen molar-refractivity contribution in [3.8, 4) is 0 Å². The molecule has 0 aliphatic carbocycles. The summed E-state index contributed by atoms with van der Waals surface area (Å²) in [4.78, 5) is 17.0. The minimum Gasteiger partial charge on any atom is -0.398 e. The number of carbonyl (C=O) groups is 1. The van der Waals surface area contributed by atoms with E-state index in [1.807, 2.05) is 63.1 Å². The van der Waals surface area contributed by atoms with Gasteiger partial charge in [0.2, 0.25) is 5.91 Å². The van der Waals surface area contributed by atoms with Crippen LogP contribution in [-0.4, -0.2) is 60.1 Å². The number of likely N-dealkylation sites (tertiary alicyclic amines) is 1. The number of hydrogen-bond donors (Lipinski definition) is 3. The molecule has 6 heteroatoms. The van der Waals surface area contributed by atoms with E-state index in [1.54, 1.807) is 0 Å². The molecule has 3 rings (SSSR count). The van der Waals surface area contributed by atoms with Crippen LogP contribution in [0.5, 0.6) is 0 Å². The van der Waals surface area contributed by atoms with Gasteiger partial charge in [0.05, 0.1) is 12.6 Å². The van der Waals surface area contributed by atoms with Gasteiger partial charge < -0.3 is 26.0 Å². The zero-order chi connectivity index (χ0) is 22.5. The monoisotopic (exact) mass is 424 g/mol. The topological polar surface area (TPSA) is 81.8 Å². The number of aryl methyl sites for hydroxylation is 2. The number of hydrogen-bond acceptors (Lipinski definition) is 5.